The first kappa shape index (κ1) is 24.1. The number of amides is 2. The molecule has 0 radical (unpaired) electrons. The molecule has 8 heteroatoms. The molecule has 1 aliphatic heterocycles. The second-order valence-corrected chi connectivity index (χ2v) is 8.32. The number of ether oxygens (including phenoxy) is 1. The van der Waals surface area contributed by atoms with Crippen LogP contribution in [-0.4, -0.2) is 50.1 Å². The SMILES string of the molecule is CCC(=O)Nc1ccc(N2CCN(c3ccccc3OC)CC2)c(C(=O)NCc2cccnc2)c1. The van der Waals surface area contributed by atoms with Crippen molar-refractivity contribution in [1.29, 1.82) is 0 Å². The van der Waals surface area contributed by atoms with Crippen molar-refractivity contribution in [1.82, 2.24) is 10.3 Å². The van der Waals surface area contributed by atoms with Crippen molar-refractivity contribution in [3.8, 4) is 5.75 Å². The maximum absolute atomic E-state index is 13.3. The smallest absolute Gasteiger partial charge is 0.253 e. The summed E-state index contributed by atoms with van der Waals surface area (Å²) in [5.74, 6) is 0.570. The van der Waals surface area contributed by atoms with Gasteiger partial charge in [0.1, 0.15) is 5.75 Å². The molecule has 1 aliphatic rings. The van der Waals surface area contributed by atoms with Gasteiger partial charge in [-0.05, 0) is 42.0 Å². The first-order valence-electron chi connectivity index (χ1n) is 11.8. The molecular formula is C27H31N5O3. The van der Waals surface area contributed by atoms with Crippen molar-refractivity contribution in [2.24, 2.45) is 0 Å². The Morgan fingerprint density at radius 2 is 1.71 bits per heavy atom. The van der Waals surface area contributed by atoms with Gasteiger partial charge in [0, 0.05) is 62.9 Å². The van der Waals surface area contributed by atoms with E-state index < -0.39 is 0 Å². The molecule has 0 bridgehead atoms. The van der Waals surface area contributed by atoms with Crippen LogP contribution in [0.25, 0.3) is 0 Å². The monoisotopic (exact) mass is 473 g/mol. The molecule has 0 atom stereocenters. The number of methoxy groups -OCH3 is 1. The van der Waals surface area contributed by atoms with Crippen molar-refractivity contribution in [2.45, 2.75) is 19.9 Å². The maximum atomic E-state index is 13.3. The lowest BCUT2D eigenvalue weighted by molar-refractivity contribution is -0.115. The lowest BCUT2D eigenvalue weighted by Crippen LogP contribution is -2.47. The Hall–Kier alpha value is -4.07. The topological polar surface area (TPSA) is 86.8 Å². The maximum Gasteiger partial charge on any atom is 0.253 e. The zero-order valence-corrected chi connectivity index (χ0v) is 20.2. The molecule has 2 amide bonds. The molecule has 2 aromatic carbocycles. The second-order valence-electron chi connectivity index (χ2n) is 8.32. The summed E-state index contributed by atoms with van der Waals surface area (Å²) in [6.45, 7) is 5.27. The highest BCUT2D eigenvalue weighted by Crippen LogP contribution is 2.31. The van der Waals surface area contributed by atoms with E-state index in [9.17, 15) is 9.59 Å². The Morgan fingerprint density at radius 3 is 2.40 bits per heavy atom. The van der Waals surface area contributed by atoms with E-state index in [1.54, 1.807) is 32.5 Å². The first-order valence-corrected chi connectivity index (χ1v) is 11.8. The largest absolute Gasteiger partial charge is 0.495 e. The van der Waals surface area contributed by atoms with E-state index in [1.165, 1.54) is 0 Å². The number of rotatable bonds is 8. The van der Waals surface area contributed by atoms with Crippen LogP contribution in [0.5, 0.6) is 5.75 Å². The summed E-state index contributed by atoms with van der Waals surface area (Å²) in [6.07, 6.45) is 3.80. The van der Waals surface area contributed by atoms with Gasteiger partial charge in [-0.15, -0.1) is 0 Å². The molecule has 0 saturated carbocycles. The number of nitrogens with zero attached hydrogens (tertiary/aromatic N) is 3. The quantitative estimate of drug-likeness (QED) is 0.519. The Kier molecular flexibility index (Phi) is 7.82. The first-order chi connectivity index (χ1) is 17.1. The second kappa shape index (κ2) is 11.4. The minimum atomic E-state index is -0.191. The number of carbonyl (C=O) groups excluding carboxylic acids is 2. The Bertz CT molecular complexity index is 1160. The molecule has 35 heavy (non-hydrogen) atoms. The van der Waals surface area contributed by atoms with Crippen molar-refractivity contribution in [3.05, 3.63) is 78.1 Å². The van der Waals surface area contributed by atoms with Gasteiger partial charge in [-0.3, -0.25) is 14.6 Å². The van der Waals surface area contributed by atoms with Crippen LogP contribution in [0.15, 0.2) is 67.0 Å². The molecule has 0 unspecified atom stereocenters. The molecule has 4 rings (SSSR count). The van der Waals surface area contributed by atoms with Crippen molar-refractivity contribution in [3.63, 3.8) is 0 Å². The lowest BCUT2D eigenvalue weighted by Gasteiger charge is -2.38. The molecule has 1 fully saturated rings. The molecule has 2 heterocycles. The molecule has 1 saturated heterocycles. The number of hydrogen-bond acceptors (Lipinski definition) is 6. The molecular weight excluding hydrogens is 442 g/mol. The molecule has 182 valence electrons. The summed E-state index contributed by atoms with van der Waals surface area (Å²) in [4.78, 5) is 33.8. The van der Waals surface area contributed by atoms with Crippen molar-refractivity contribution >= 4 is 28.9 Å². The Morgan fingerprint density at radius 1 is 0.971 bits per heavy atom. The minimum Gasteiger partial charge on any atom is -0.495 e. The summed E-state index contributed by atoms with van der Waals surface area (Å²) in [5, 5.41) is 5.86. The summed E-state index contributed by atoms with van der Waals surface area (Å²) in [6, 6.07) is 17.3. The van der Waals surface area contributed by atoms with Crippen LogP contribution in [0, 0.1) is 0 Å². The number of aromatic nitrogens is 1. The average Bonchev–Trinajstić information content (AvgIpc) is 2.92. The number of carbonyl (C=O) groups is 2. The van der Waals surface area contributed by atoms with E-state index in [4.69, 9.17) is 4.74 Å². The van der Waals surface area contributed by atoms with Gasteiger partial charge >= 0.3 is 0 Å². The highest BCUT2D eigenvalue weighted by atomic mass is 16.5. The molecule has 2 N–H and O–H groups in total. The number of pyridine rings is 1. The number of piperazine rings is 1. The molecule has 0 spiro atoms. The highest BCUT2D eigenvalue weighted by Gasteiger charge is 2.23. The van der Waals surface area contributed by atoms with Crippen LogP contribution in [0.4, 0.5) is 17.1 Å². The molecule has 8 nitrogen and oxygen atoms in total. The Balaban J connectivity index is 1.53. The summed E-state index contributed by atoms with van der Waals surface area (Å²) in [5.41, 5.74) is 3.99. The van der Waals surface area contributed by atoms with Crippen LogP contribution in [0.2, 0.25) is 0 Å². The van der Waals surface area contributed by atoms with E-state index in [0.717, 1.165) is 48.9 Å². The zero-order chi connectivity index (χ0) is 24.6. The van der Waals surface area contributed by atoms with Gasteiger partial charge < -0.3 is 25.2 Å². The molecule has 1 aromatic heterocycles. The van der Waals surface area contributed by atoms with Crippen molar-refractivity contribution in [2.75, 3.05) is 48.4 Å². The van der Waals surface area contributed by atoms with Crippen LogP contribution < -0.4 is 25.2 Å². The van der Waals surface area contributed by atoms with E-state index in [-0.39, 0.29) is 11.8 Å². The summed E-state index contributed by atoms with van der Waals surface area (Å²) in [7, 11) is 1.68. The fourth-order valence-corrected chi connectivity index (χ4v) is 4.18. The van der Waals surface area contributed by atoms with Gasteiger partial charge in [0.15, 0.2) is 0 Å². The Labute approximate surface area is 205 Å². The molecule has 0 aliphatic carbocycles. The van der Waals surface area contributed by atoms with Gasteiger partial charge in [-0.1, -0.05) is 25.1 Å². The predicted octanol–water partition coefficient (Wildman–Crippen LogP) is 3.70. The van der Waals surface area contributed by atoms with Gasteiger partial charge in [-0.25, -0.2) is 0 Å². The van der Waals surface area contributed by atoms with Crippen LogP contribution in [0.1, 0.15) is 29.3 Å². The standard InChI is InChI=1S/C27H31N5O3/c1-3-26(33)30-21-10-11-23(22(17-21)27(34)29-19-20-7-6-12-28-18-20)31-13-15-32(16-14-31)24-8-4-5-9-25(24)35-2/h4-12,17-18H,3,13-16,19H2,1-2H3,(H,29,34)(H,30,33). The third-order valence-electron chi connectivity index (χ3n) is 6.07. The lowest BCUT2D eigenvalue weighted by atomic mass is 10.1. The normalized spacial score (nSPS) is 13.3. The predicted molar refractivity (Wildman–Crippen MR) is 138 cm³/mol. The van der Waals surface area contributed by atoms with Crippen molar-refractivity contribution < 1.29 is 14.3 Å². The van der Waals surface area contributed by atoms with Crippen LogP contribution >= 0.6 is 0 Å². The van der Waals surface area contributed by atoms with Crippen LogP contribution in [0.3, 0.4) is 0 Å². The summed E-state index contributed by atoms with van der Waals surface area (Å²) >= 11 is 0. The van der Waals surface area contributed by atoms with Gasteiger partial charge in [0.2, 0.25) is 5.91 Å². The fourth-order valence-electron chi connectivity index (χ4n) is 4.18. The summed E-state index contributed by atoms with van der Waals surface area (Å²) < 4.78 is 5.53. The minimum absolute atomic E-state index is 0.0927. The number of hydrogen-bond donors (Lipinski definition) is 2. The number of anilines is 3. The number of benzene rings is 2. The van der Waals surface area contributed by atoms with E-state index in [1.807, 2.05) is 42.5 Å². The van der Waals surface area contributed by atoms with Gasteiger partial charge in [0.05, 0.1) is 18.4 Å². The van der Waals surface area contributed by atoms with Gasteiger partial charge in [0.25, 0.3) is 5.91 Å². The average molecular weight is 474 g/mol. The third kappa shape index (κ3) is 5.90. The molecule has 3 aromatic rings. The highest BCUT2D eigenvalue weighted by molar-refractivity contribution is 6.02. The van der Waals surface area contributed by atoms with Crippen LogP contribution in [-0.2, 0) is 11.3 Å². The van der Waals surface area contributed by atoms with E-state index >= 15 is 0 Å². The number of nitrogens with one attached hydrogen (secondary N) is 2. The fraction of sp³-hybridized carbons (Fsp3) is 0.296. The zero-order valence-electron chi connectivity index (χ0n) is 20.2. The van der Waals surface area contributed by atoms with E-state index in [0.29, 0.717) is 24.2 Å². The van der Waals surface area contributed by atoms with Gasteiger partial charge in [-0.2, -0.15) is 0 Å². The third-order valence-corrected chi connectivity index (χ3v) is 6.07. The number of para-hydroxylation sites is 2. The van der Waals surface area contributed by atoms with E-state index in [2.05, 4.69) is 31.5 Å².